The number of hydrogen-bond acceptors (Lipinski definition) is 2. The molecule has 3 rings (SSSR count). The van der Waals surface area contributed by atoms with Crippen molar-refractivity contribution in [1.29, 1.82) is 0 Å². The van der Waals surface area contributed by atoms with Crippen molar-refractivity contribution in [3.63, 3.8) is 0 Å². The molecule has 0 aromatic heterocycles. The Hall–Kier alpha value is -2.10. The van der Waals surface area contributed by atoms with Crippen molar-refractivity contribution in [2.75, 3.05) is 0 Å². The van der Waals surface area contributed by atoms with Crippen LogP contribution in [0, 0.1) is 0 Å². The van der Waals surface area contributed by atoms with Crippen LogP contribution in [0.3, 0.4) is 0 Å². The topological polar surface area (TPSA) is 41.6 Å². The summed E-state index contributed by atoms with van der Waals surface area (Å²) < 4.78 is 5.42. The van der Waals surface area contributed by atoms with Gasteiger partial charge < -0.3 is 10.1 Å². The summed E-state index contributed by atoms with van der Waals surface area (Å²) in [7, 11) is 0. The SMILES string of the molecule is O=C(N/C=C\c1ccc(Cl)cc1)[C@H]1O[C@@H]1c1ccccc1. The van der Waals surface area contributed by atoms with Crippen LogP contribution in [0.2, 0.25) is 5.02 Å². The zero-order chi connectivity index (χ0) is 14.7. The molecule has 0 unspecified atom stereocenters. The number of amides is 1. The number of carbonyl (C=O) groups excluding carboxylic acids is 1. The van der Waals surface area contributed by atoms with Gasteiger partial charge in [0.15, 0.2) is 6.10 Å². The summed E-state index contributed by atoms with van der Waals surface area (Å²) in [6.07, 6.45) is 2.90. The summed E-state index contributed by atoms with van der Waals surface area (Å²) in [6.45, 7) is 0. The van der Waals surface area contributed by atoms with Gasteiger partial charge in [-0.2, -0.15) is 0 Å². The second-order valence-electron chi connectivity index (χ2n) is 4.78. The molecule has 21 heavy (non-hydrogen) atoms. The zero-order valence-electron chi connectivity index (χ0n) is 11.2. The summed E-state index contributed by atoms with van der Waals surface area (Å²) in [4.78, 5) is 11.9. The van der Waals surface area contributed by atoms with Crippen LogP contribution >= 0.6 is 11.6 Å². The number of carbonyl (C=O) groups is 1. The Morgan fingerprint density at radius 3 is 2.52 bits per heavy atom. The highest BCUT2D eigenvalue weighted by Crippen LogP contribution is 2.38. The average molecular weight is 300 g/mol. The Morgan fingerprint density at radius 1 is 1.10 bits per heavy atom. The molecule has 1 aliphatic rings. The van der Waals surface area contributed by atoms with E-state index in [0.29, 0.717) is 5.02 Å². The van der Waals surface area contributed by atoms with Crippen molar-refractivity contribution in [3.05, 3.63) is 76.9 Å². The van der Waals surface area contributed by atoms with Crippen molar-refractivity contribution < 1.29 is 9.53 Å². The number of halogens is 1. The van der Waals surface area contributed by atoms with Crippen LogP contribution in [0.4, 0.5) is 0 Å². The van der Waals surface area contributed by atoms with Gasteiger partial charge in [-0.25, -0.2) is 0 Å². The summed E-state index contributed by atoms with van der Waals surface area (Å²) >= 11 is 5.81. The van der Waals surface area contributed by atoms with E-state index < -0.39 is 6.10 Å². The third kappa shape index (κ3) is 3.51. The minimum atomic E-state index is -0.401. The first-order valence-electron chi connectivity index (χ1n) is 6.67. The molecule has 0 aliphatic carbocycles. The maximum atomic E-state index is 11.9. The fraction of sp³-hybridized carbons (Fsp3) is 0.118. The Morgan fingerprint density at radius 2 is 1.81 bits per heavy atom. The molecule has 0 saturated carbocycles. The lowest BCUT2D eigenvalue weighted by molar-refractivity contribution is -0.121. The Bertz CT molecular complexity index is 652. The molecule has 106 valence electrons. The molecule has 2 aromatic carbocycles. The third-order valence-electron chi connectivity index (χ3n) is 3.25. The fourth-order valence-corrected chi connectivity index (χ4v) is 2.21. The molecule has 2 aromatic rings. The Balaban J connectivity index is 1.53. The maximum absolute atomic E-state index is 11.9. The van der Waals surface area contributed by atoms with Crippen molar-refractivity contribution in [2.45, 2.75) is 12.2 Å². The molecular formula is C17H14ClNO2. The van der Waals surface area contributed by atoms with Crippen molar-refractivity contribution in [1.82, 2.24) is 5.32 Å². The number of rotatable bonds is 4. The van der Waals surface area contributed by atoms with Crippen LogP contribution in [0.1, 0.15) is 17.2 Å². The van der Waals surface area contributed by atoms with E-state index in [1.807, 2.05) is 48.5 Å². The van der Waals surface area contributed by atoms with Gasteiger partial charge in [0, 0.05) is 11.2 Å². The number of hydrogen-bond donors (Lipinski definition) is 1. The van der Waals surface area contributed by atoms with E-state index in [0.717, 1.165) is 11.1 Å². The standard InChI is InChI=1S/C17H14ClNO2/c18-14-8-6-12(7-9-14)10-11-19-17(20)16-15(21-16)13-4-2-1-3-5-13/h1-11,15-16H,(H,19,20)/b11-10-/t15-,16+/m1/s1. The quantitative estimate of drug-likeness (QED) is 0.877. The molecule has 4 heteroatoms. The largest absolute Gasteiger partial charge is 0.354 e. The zero-order valence-corrected chi connectivity index (χ0v) is 12.0. The van der Waals surface area contributed by atoms with Gasteiger partial charge in [0.1, 0.15) is 6.10 Å². The van der Waals surface area contributed by atoms with Gasteiger partial charge in [-0.15, -0.1) is 0 Å². The highest BCUT2D eigenvalue weighted by molar-refractivity contribution is 6.30. The van der Waals surface area contributed by atoms with Gasteiger partial charge in [-0.3, -0.25) is 4.79 Å². The van der Waals surface area contributed by atoms with Crippen LogP contribution in [0.25, 0.3) is 6.08 Å². The molecular weight excluding hydrogens is 286 g/mol. The monoisotopic (exact) mass is 299 g/mol. The van der Waals surface area contributed by atoms with E-state index in [9.17, 15) is 4.79 Å². The lowest BCUT2D eigenvalue weighted by atomic mass is 10.1. The van der Waals surface area contributed by atoms with Crippen LogP contribution in [0.5, 0.6) is 0 Å². The molecule has 2 atom stereocenters. The molecule has 1 saturated heterocycles. The minimum absolute atomic E-state index is 0.130. The van der Waals surface area contributed by atoms with Crippen LogP contribution < -0.4 is 5.32 Å². The first-order valence-corrected chi connectivity index (χ1v) is 7.05. The average Bonchev–Trinajstić information content (AvgIpc) is 3.31. The van der Waals surface area contributed by atoms with Gasteiger partial charge in [-0.05, 0) is 29.3 Å². The molecule has 3 nitrogen and oxygen atoms in total. The predicted molar refractivity (Wildman–Crippen MR) is 82.7 cm³/mol. The molecule has 1 heterocycles. The van der Waals surface area contributed by atoms with Gasteiger partial charge in [0.05, 0.1) is 0 Å². The first kappa shape index (κ1) is 13.9. The van der Waals surface area contributed by atoms with Gasteiger partial charge in [-0.1, -0.05) is 54.1 Å². The lowest BCUT2D eigenvalue weighted by Gasteiger charge is -1.97. The molecule has 0 spiro atoms. The molecule has 1 N–H and O–H groups in total. The van der Waals surface area contributed by atoms with Gasteiger partial charge in [0.25, 0.3) is 5.91 Å². The summed E-state index contributed by atoms with van der Waals surface area (Å²) in [6, 6.07) is 17.1. The predicted octanol–water partition coefficient (Wildman–Crippen LogP) is 3.57. The lowest BCUT2D eigenvalue weighted by Crippen LogP contribution is -2.23. The van der Waals surface area contributed by atoms with Gasteiger partial charge in [0.2, 0.25) is 0 Å². The smallest absolute Gasteiger partial charge is 0.256 e. The Labute approximate surface area is 128 Å². The van der Waals surface area contributed by atoms with Crippen molar-refractivity contribution in [3.8, 4) is 0 Å². The van der Waals surface area contributed by atoms with Crippen LogP contribution in [-0.2, 0) is 9.53 Å². The van der Waals surface area contributed by atoms with E-state index in [2.05, 4.69) is 5.32 Å². The highest BCUT2D eigenvalue weighted by Gasteiger charge is 2.45. The molecule has 1 fully saturated rings. The molecule has 0 radical (unpaired) electrons. The minimum Gasteiger partial charge on any atom is -0.354 e. The number of epoxide rings is 1. The molecule has 1 aliphatic heterocycles. The van der Waals surface area contributed by atoms with E-state index in [-0.39, 0.29) is 12.0 Å². The van der Waals surface area contributed by atoms with E-state index in [1.54, 1.807) is 18.3 Å². The van der Waals surface area contributed by atoms with Crippen LogP contribution in [-0.4, -0.2) is 12.0 Å². The number of nitrogens with one attached hydrogen (secondary N) is 1. The molecule has 1 amide bonds. The van der Waals surface area contributed by atoms with E-state index in [1.165, 1.54) is 0 Å². The van der Waals surface area contributed by atoms with Crippen LogP contribution in [0.15, 0.2) is 60.8 Å². The maximum Gasteiger partial charge on any atom is 0.256 e. The van der Waals surface area contributed by atoms with Crippen molar-refractivity contribution >= 4 is 23.6 Å². The highest BCUT2D eigenvalue weighted by atomic mass is 35.5. The first-order chi connectivity index (χ1) is 10.2. The normalized spacial score (nSPS) is 20.4. The fourth-order valence-electron chi connectivity index (χ4n) is 2.08. The van der Waals surface area contributed by atoms with E-state index in [4.69, 9.17) is 16.3 Å². The van der Waals surface area contributed by atoms with E-state index >= 15 is 0 Å². The number of ether oxygens (including phenoxy) is 1. The summed E-state index contributed by atoms with van der Waals surface area (Å²) in [5.41, 5.74) is 2.00. The summed E-state index contributed by atoms with van der Waals surface area (Å²) in [5, 5.41) is 3.42. The second-order valence-corrected chi connectivity index (χ2v) is 5.22. The van der Waals surface area contributed by atoms with Crippen molar-refractivity contribution in [2.24, 2.45) is 0 Å². The Kier molecular flexibility index (Phi) is 4.04. The van der Waals surface area contributed by atoms with Gasteiger partial charge >= 0.3 is 0 Å². The third-order valence-corrected chi connectivity index (χ3v) is 3.50. The summed E-state index contributed by atoms with van der Waals surface area (Å²) in [5.74, 6) is -0.130. The number of benzene rings is 2. The molecule has 0 bridgehead atoms. The second kappa shape index (κ2) is 6.12.